The molecule has 13 heavy (non-hydrogen) atoms. The van der Waals surface area contributed by atoms with Gasteiger partial charge in [0.05, 0.1) is 9.91 Å². The van der Waals surface area contributed by atoms with Gasteiger partial charge in [-0.05, 0) is 24.7 Å². The second-order valence-corrected chi connectivity index (χ2v) is 5.79. The highest BCUT2D eigenvalue weighted by Gasteiger charge is 2.66. The van der Waals surface area contributed by atoms with Gasteiger partial charge in [0.1, 0.15) is 4.49 Å². The number of alkyl halides is 1. The summed E-state index contributed by atoms with van der Waals surface area (Å²) in [5.74, 6) is 1.01. The number of fused-ring (bicyclic) bond motifs is 1. The molecule has 0 aromatic carbocycles. The standard InChI is InChI=1S/C9H10Cl4/c10-7(8(11)12)9(13)5-3-1-2-4-6(5)9/h5-6H,1-4H2. The molecule has 2 atom stereocenters. The minimum atomic E-state index is -0.420. The van der Waals surface area contributed by atoms with Crippen molar-refractivity contribution in [2.24, 2.45) is 11.8 Å². The normalized spacial score (nSPS) is 42.5. The lowest BCUT2D eigenvalue weighted by Gasteiger charge is -2.06. The predicted molar refractivity (Wildman–Crippen MR) is 58.6 cm³/mol. The van der Waals surface area contributed by atoms with E-state index in [2.05, 4.69) is 0 Å². The Morgan fingerprint density at radius 2 is 1.46 bits per heavy atom. The van der Waals surface area contributed by atoms with Crippen molar-refractivity contribution in [2.45, 2.75) is 30.6 Å². The summed E-state index contributed by atoms with van der Waals surface area (Å²) < 4.78 is 0.131. The predicted octanol–water partition coefficient (Wildman–Crippen LogP) is 4.67. The van der Waals surface area contributed by atoms with E-state index >= 15 is 0 Å². The van der Waals surface area contributed by atoms with Crippen molar-refractivity contribution >= 4 is 46.4 Å². The highest BCUT2D eigenvalue weighted by molar-refractivity contribution is 6.60. The molecule has 0 N–H and O–H groups in total. The first-order valence-corrected chi connectivity index (χ1v) is 5.99. The number of rotatable bonds is 1. The molecule has 0 amide bonds. The Bertz CT molecular complexity index is 242. The Morgan fingerprint density at radius 1 is 1.00 bits per heavy atom. The molecule has 0 nitrogen and oxygen atoms in total. The van der Waals surface area contributed by atoms with Crippen LogP contribution < -0.4 is 0 Å². The maximum atomic E-state index is 6.40. The smallest absolute Gasteiger partial charge is 0.112 e. The number of hydrogen-bond donors (Lipinski definition) is 0. The summed E-state index contributed by atoms with van der Waals surface area (Å²) in [6.45, 7) is 0. The van der Waals surface area contributed by atoms with E-state index in [1.807, 2.05) is 0 Å². The van der Waals surface area contributed by atoms with Crippen LogP contribution in [0.5, 0.6) is 0 Å². The van der Waals surface area contributed by atoms with Crippen molar-refractivity contribution in [3.8, 4) is 0 Å². The quantitative estimate of drug-likeness (QED) is 0.601. The van der Waals surface area contributed by atoms with Crippen molar-refractivity contribution in [2.75, 3.05) is 0 Å². The first-order chi connectivity index (χ1) is 6.08. The molecule has 0 heterocycles. The summed E-state index contributed by atoms with van der Waals surface area (Å²) >= 11 is 23.7. The van der Waals surface area contributed by atoms with E-state index < -0.39 is 4.87 Å². The minimum absolute atomic E-state index is 0.131. The summed E-state index contributed by atoms with van der Waals surface area (Å²) in [5, 5.41) is 0.453. The van der Waals surface area contributed by atoms with Gasteiger partial charge < -0.3 is 0 Å². The molecule has 4 heteroatoms. The molecule has 2 aliphatic rings. The highest BCUT2D eigenvalue weighted by atomic mass is 35.5. The molecule has 0 spiro atoms. The van der Waals surface area contributed by atoms with Gasteiger partial charge in [-0.15, -0.1) is 11.6 Å². The van der Waals surface area contributed by atoms with Gasteiger partial charge >= 0.3 is 0 Å². The Hall–Kier alpha value is 0.900. The Labute approximate surface area is 98.2 Å². The van der Waals surface area contributed by atoms with Crippen molar-refractivity contribution in [1.82, 2.24) is 0 Å². The van der Waals surface area contributed by atoms with Crippen molar-refractivity contribution in [3.63, 3.8) is 0 Å². The van der Waals surface area contributed by atoms with Crippen LogP contribution in [0.25, 0.3) is 0 Å². The molecule has 74 valence electrons. The molecule has 2 saturated carbocycles. The summed E-state index contributed by atoms with van der Waals surface area (Å²) in [7, 11) is 0. The molecule has 0 aromatic rings. The van der Waals surface area contributed by atoms with Gasteiger partial charge in [0, 0.05) is 0 Å². The Morgan fingerprint density at radius 3 is 1.85 bits per heavy atom. The van der Waals surface area contributed by atoms with E-state index in [0.29, 0.717) is 16.9 Å². The third-order valence-corrected chi connectivity index (χ3v) is 5.16. The van der Waals surface area contributed by atoms with Crippen LogP contribution in [0.3, 0.4) is 0 Å². The zero-order valence-corrected chi connectivity index (χ0v) is 10.0. The second kappa shape index (κ2) is 3.48. The fraction of sp³-hybridized carbons (Fsp3) is 0.778. The molecule has 0 bridgehead atoms. The first-order valence-electron chi connectivity index (χ1n) is 4.48. The van der Waals surface area contributed by atoms with Crippen LogP contribution in [0.15, 0.2) is 9.52 Å². The Kier molecular flexibility index (Phi) is 2.79. The van der Waals surface area contributed by atoms with E-state index in [9.17, 15) is 0 Å². The topological polar surface area (TPSA) is 0 Å². The van der Waals surface area contributed by atoms with Crippen LogP contribution in [0.2, 0.25) is 0 Å². The van der Waals surface area contributed by atoms with Gasteiger partial charge in [0.25, 0.3) is 0 Å². The lowest BCUT2D eigenvalue weighted by molar-refractivity contribution is 0.480. The van der Waals surface area contributed by atoms with E-state index in [-0.39, 0.29) is 4.49 Å². The highest BCUT2D eigenvalue weighted by Crippen LogP contribution is 2.67. The fourth-order valence-electron chi connectivity index (χ4n) is 2.52. The number of halogens is 4. The Balaban J connectivity index is 2.20. The molecule has 2 unspecified atom stereocenters. The summed E-state index contributed by atoms with van der Waals surface area (Å²) in [4.78, 5) is -0.420. The largest absolute Gasteiger partial charge is 0.123 e. The van der Waals surface area contributed by atoms with Crippen LogP contribution >= 0.6 is 46.4 Å². The monoisotopic (exact) mass is 258 g/mol. The lowest BCUT2D eigenvalue weighted by Crippen LogP contribution is -2.04. The molecule has 0 aromatic heterocycles. The number of allylic oxidation sites excluding steroid dienone is 1. The fourth-order valence-corrected chi connectivity index (χ4v) is 3.76. The van der Waals surface area contributed by atoms with Crippen LogP contribution in [0.4, 0.5) is 0 Å². The van der Waals surface area contributed by atoms with Crippen LogP contribution in [-0.4, -0.2) is 4.87 Å². The van der Waals surface area contributed by atoms with Gasteiger partial charge in [0.2, 0.25) is 0 Å². The van der Waals surface area contributed by atoms with E-state index in [4.69, 9.17) is 46.4 Å². The molecular weight excluding hydrogens is 250 g/mol. The van der Waals surface area contributed by atoms with Crippen molar-refractivity contribution in [1.29, 1.82) is 0 Å². The summed E-state index contributed by atoms with van der Waals surface area (Å²) in [5.41, 5.74) is 0. The first kappa shape index (κ1) is 10.4. The molecule has 2 aliphatic carbocycles. The SMILES string of the molecule is ClC(Cl)=C(Cl)C1(Cl)C2CCCCC21. The molecule has 0 aliphatic heterocycles. The van der Waals surface area contributed by atoms with Gasteiger partial charge in [-0.25, -0.2) is 0 Å². The van der Waals surface area contributed by atoms with Gasteiger partial charge in [-0.2, -0.15) is 0 Å². The summed E-state index contributed by atoms with van der Waals surface area (Å²) in [6, 6.07) is 0. The lowest BCUT2D eigenvalue weighted by atomic mass is 10.0. The summed E-state index contributed by atoms with van der Waals surface area (Å²) in [6.07, 6.45) is 4.82. The van der Waals surface area contributed by atoms with Gasteiger partial charge in [0.15, 0.2) is 0 Å². The zero-order valence-electron chi connectivity index (χ0n) is 6.99. The van der Waals surface area contributed by atoms with Crippen molar-refractivity contribution in [3.05, 3.63) is 9.52 Å². The molecule has 2 rings (SSSR count). The molecule has 0 radical (unpaired) electrons. The van der Waals surface area contributed by atoms with Crippen molar-refractivity contribution < 1.29 is 0 Å². The average molecular weight is 260 g/mol. The van der Waals surface area contributed by atoms with Gasteiger partial charge in [-0.3, -0.25) is 0 Å². The third-order valence-electron chi connectivity index (χ3n) is 3.24. The molecule has 0 saturated heterocycles. The average Bonchev–Trinajstić information content (AvgIpc) is 2.74. The maximum absolute atomic E-state index is 6.40. The van der Waals surface area contributed by atoms with E-state index in [0.717, 1.165) is 12.8 Å². The molecular formula is C9H10Cl4. The van der Waals surface area contributed by atoms with Crippen LogP contribution in [0.1, 0.15) is 25.7 Å². The minimum Gasteiger partial charge on any atom is -0.112 e. The zero-order chi connectivity index (χ0) is 9.64. The second-order valence-electron chi connectivity index (χ2n) is 3.84. The van der Waals surface area contributed by atoms with Crippen LogP contribution in [0, 0.1) is 11.8 Å². The maximum Gasteiger partial charge on any atom is 0.123 e. The van der Waals surface area contributed by atoms with E-state index in [1.165, 1.54) is 12.8 Å². The third kappa shape index (κ3) is 1.51. The number of hydrogen-bond acceptors (Lipinski definition) is 0. The van der Waals surface area contributed by atoms with Crippen LogP contribution in [-0.2, 0) is 0 Å². The molecule has 2 fully saturated rings. The van der Waals surface area contributed by atoms with Gasteiger partial charge in [-0.1, -0.05) is 47.6 Å². The van der Waals surface area contributed by atoms with E-state index in [1.54, 1.807) is 0 Å².